The van der Waals surface area contributed by atoms with E-state index < -0.39 is 0 Å². The number of carbonyl (C=O) groups is 1. The lowest BCUT2D eigenvalue weighted by Gasteiger charge is -2.08. The topological polar surface area (TPSA) is 68.0 Å². The number of nitrogens with zero attached hydrogens (tertiary/aromatic N) is 1. The summed E-state index contributed by atoms with van der Waals surface area (Å²) in [7, 11) is 0. The molecule has 1 aromatic heterocycles. The summed E-state index contributed by atoms with van der Waals surface area (Å²) < 4.78 is 0.864. The first-order valence-electron chi connectivity index (χ1n) is 5.51. The number of aromatic nitrogens is 1. The Morgan fingerprint density at radius 1 is 1.32 bits per heavy atom. The van der Waals surface area contributed by atoms with Gasteiger partial charge in [0.25, 0.3) is 0 Å². The zero-order valence-corrected chi connectivity index (χ0v) is 12.6. The van der Waals surface area contributed by atoms with Gasteiger partial charge in [-0.25, -0.2) is 0 Å². The summed E-state index contributed by atoms with van der Waals surface area (Å²) in [5, 5.41) is 2.73. The summed E-state index contributed by atoms with van der Waals surface area (Å²) in [5.41, 5.74) is 7.30. The van der Waals surface area contributed by atoms with Gasteiger partial charge in [0.15, 0.2) is 0 Å². The normalized spacial score (nSPS) is 10.2. The van der Waals surface area contributed by atoms with E-state index in [0.29, 0.717) is 5.69 Å². The van der Waals surface area contributed by atoms with Crippen LogP contribution in [0, 0.1) is 0 Å². The number of nitrogens with two attached hydrogens (primary N) is 1. The Bertz CT molecular complexity index is 581. The molecule has 0 spiro atoms. The van der Waals surface area contributed by atoms with Gasteiger partial charge in [0.1, 0.15) is 0 Å². The number of pyridine rings is 1. The van der Waals surface area contributed by atoms with Crippen LogP contribution in [-0.2, 0) is 4.79 Å². The van der Waals surface area contributed by atoms with E-state index in [2.05, 4.69) is 26.2 Å². The van der Waals surface area contributed by atoms with Crippen molar-refractivity contribution in [3.63, 3.8) is 0 Å². The number of hydrogen-bond donors (Lipinski definition) is 2. The molecule has 4 nitrogen and oxygen atoms in total. The van der Waals surface area contributed by atoms with Crippen LogP contribution in [0.3, 0.4) is 0 Å². The Balaban J connectivity index is 2.18. The average molecular weight is 338 g/mol. The van der Waals surface area contributed by atoms with Gasteiger partial charge in [0.2, 0.25) is 5.91 Å². The van der Waals surface area contributed by atoms with Crippen molar-refractivity contribution >= 4 is 45.0 Å². The molecule has 1 heterocycles. The van der Waals surface area contributed by atoms with Crippen LogP contribution in [0.15, 0.2) is 50.9 Å². The molecule has 2 rings (SSSR count). The number of amides is 1. The summed E-state index contributed by atoms with van der Waals surface area (Å²) in [4.78, 5) is 16.9. The van der Waals surface area contributed by atoms with E-state index in [9.17, 15) is 4.79 Å². The van der Waals surface area contributed by atoms with Crippen LogP contribution in [0.5, 0.6) is 0 Å². The number of benzene rings is 1. The van der Waals surface area contributed by atoms with Gasteiger partial charge >= 0.3 is 0 Å². The lowest BCUT2D eigenvalue weighted by molar-refractivity contribution is -0.114. The van der Waals surface area contributed by atoms with Crippen molar-refractivity contribution in [2.45, 2.75) is 16.7 Å². The first-order chi connectivity index (χ1) is 9.06. The van der Waals surface area contributed by atoms with Crippen molar-refractivity contribution in [3.8, 4) is 0 Å². The number of nitrogen functional groups attached to an aromatic ring is 1. The standard InChI is InChI=1S/C13H12BrN3OS/c1-8(18)17-9-2-4-10(5-3-9)19-13-11(14)6-16-7-12(13)15/h2-7H,15H2,1H3,(H,17,18). The maximum absolute atomic E-state index is 10.9. The van der Waals surface area contributed by atoms with Crippen molar-refractivity contribution in [2.75, 3.05) is 11.1 Å². The summed E-state index contributed by atoms with van der Waals surface area (Å²) in [6.07, 6.45) is 3.34. The largest absolute Gasteiger partial charge is 0.397 e. The molecule has 0 radical (unpaired) electrons. The number of halogens is 1. The van der Waals surface area contributed by atoms with Crippen LogP contribution in [0.1, 0.15) is 6.92 Å². The molecular formula is C13H12BrN3OS. The van der Waals surface area contributed by atoms with Gasteiger partial charge in [-0.05, 0) is 40.2 Å². The fourth-order valence-electron chi connectivity index (χ4n) is 1.47. The Hall–Kier alpha value is -1.53. The minimum atomic E-state index is -0.0819. The third kappa shape index (κ3) is 3.71. The zero-order chi connectivity index (χ0) is 13.8. The van der Waals surface area contributed by atoms with E-state index in [1.54, 1.807) is 24.2 Å². The van der Waals surface area contributed by atoms with Gasteiger partial charge in [0.05, 0.1) is 21.3 Å². The summed E-state index contributed by atoms with van der Waals surface area (Å²) >= 11 is 4.98. The van der Waals surface area contributed by atoms with Crippen molar-refractivity contribution in [1.29, 1.82) is 0 Å². The fraction of sp³-hybridized carbons (Fsp3) is 0.0769. The molecule has 2 aromatic rings. The Kier molecular flexibility index (Phi) is 4.44. The summed E-state index contributed by atoms with van der Waals surface area (Å²) in [5.74, 6) is -0.0819. The highest BCUT2D eigenvalue weighted by atomic mass is 79.9. The van der Waals surface area contributed by atoms with Gasteiger partial charge in [0, 0.05) is 23.7 Å². The molecule has 0 fully saturated rings. The second kappa shape index (κ2) is 6.08. The van der Waals surface area contributed by atoms with Crippen molar-refractivity contribution in [1.82, 2.24) is 4.98 Å². The summed E-state index contributed by atoms with van der Waals surface area (Å²) in [6, 6.07) is 7.58. The second-order valence-electron chi connectivity index (χ2n) is 3.85. The van der Waals surface area contributed by atoms with Gasteiger partial charge in [-0.3, -0.25) is 9.78 Å². The number of hydrogen-bond acceptors (Lipinski definition) is 4. The van der Waals surface area contributed by atoms with Gasteiger partial charge in [-0.1, -0.05) is 11.8 Å². The van der Waals surface area contributed by atoms with Crippen molar-refractivity contribution in [3.05, 3.63) is 41.1 Å². The monoisotopic (exact) mass is 337 g/mol. The van der Waals surface area contributed by atoms with E-state index in [1.165, 1.54) is 6.92 Å². The number of nitrogens with one attached hydrogen (secondary N) is 1. The van der Waals surface area contributed by atoms with Crippen LogP contribution in [0.25, 0.3) is 0 Å². The predicted molar refractivity (Wildman–Crippen MR) is 81.2 cm³/mol. The maximum Gasteiger partial charge on any atom is 0.221 e. The minimum Gasteiger partial charge on any atom is -0.397 e. The molecule has 1 aromatic carbocycles. The maximum atomic E-state index is 10.9. The predicted octanol–water partition coefficient (Wildman–Crippen LogP) is 3.54. The van der Waals surface area contributed by atoms with Gasteiger partial charge < -0.3 is 11.1 Å². The van der Waals surface area contributed by atoms with Gasteiger partial charge in [-0.15, -0.1) is 0 Å². The van der Waals surface area contributed by atoms with Crippen molar-refractivity contribution < 1.29 is 4.79 Å². The highest BCUT2D eigenvalue weighted by Crippen LogP contribution is 2.37. The van der Waals surface area contributed by atoms with Crippen LogP contribution >= 0.6 is 27.7 Å². The lowest BCUT2D eigenvalue weighted by atomic mass is 10.3. The molecule has 0 aliphatic heterocycles. The average Bonchev–Trinajstić information content (AvgIpc) is 2.35. The zero-order valence-electron chi connectivity index (χ0n) is 10.2. The summed E-state index contributed by atoms with van der Waals surface area (Å²) in [6.45, 7) is 1.48. The molecule has 0 atom stereocenters. The smallest absolute Gasteiger partial charge is 0.221 e. The molecule has 0 saturated heterocycles. The molecular weight excluding hydrogens is 326 g/mol. The Morgan fingerprint density at radius 2 is 2.00 bits per heavy atom. The Labute approximate surface area is 123 Å². The molecule has 0 aliphatic carbocycles. The fourth-order valence-corrected chi connectivity index (χ4v) is 2.89. The number of anilines is 2. The van der Waals surface area contributed by atoms with Crippen LogP contribution in [0.4, 0.5) is 11.4 Å². The molecule has 1 amide bonds. The van der Waals surface area contributed by atoms with Crippen LogP contribution < -0.4 is 11.1 Å². The van der Waals surface area contributed by atoms with Crippen molar-refractivity contribution in [2.24, 2.45) is 0 Å². The third-order valence-electron chi connectivity index (χ3n) is 2.28. The molecule has 19 heavy (non-hydrogen) atoms. The first-order valence-corrected chi connectivity index (χ1v) is 7.11. The molecule has 0 saturated carbocycles. The van der Waals surface area contributed by atoms with Crippen LogP contribution in [-0.4, -0.2) is 10.9 Å². The SMILES string of the molecule is CC(=O)Nc1ccc(Sc2c(N)cncc2Br)cc1. The highest BCUT2D eigenvalue weighted by Gasteiger charge is 2.07. The molecule has 0 bridgehead atoms. The Morgan fingerprint density at radius 3 is 2.58 bits per heavy atom. The van der Waals surface area contributed by atoms with E-state index in [-0.39, 0.29) is 5.91 Å². The first kappa shape index (κ1) is 13.9. The number of rotatable bonds is 3. The van der Waals surface area contributed by atoms with E-state index in [4.69, 9.17) is 5.73 Å². The van der Waals surface area contributed by atoms with E-state index >= 15 is 0 Å². The van der Waals surface area contributed by atoms with E-state index in [0.717, 1.165) is 20.0 Å². The van der Waals surface area contributed by atoms with E-state index in [1.807, 2.05) is 24.3 Å². The molecule has 0 aliphatic rings. The molecule has 98 valence electrons. The third-order valence-corrected chi connectivity index (χ3v) is 4.31. The van der Waals surface area contributed by atoms with Gasteiger partial charge in [-0.2, -0.15) is 0 Å². The molecule has 6 heteroatoms. The quantitative estimate of drug-likeness (QED) is 0.898. The van der Waals surface area contributed by atoms with Crippen LogP contribution in [0.2, 0.25) is 0 Å². The molecule has 0 unspecified atom stereocenters. The second-order valence-corrected chi connectivity index (χ2v) is 5.79. The molecule has 3 N–H and O–H groups in total. The highest BCUT2D eigenvalue weighted by molar-refractivity contribution is 9.10. The lowest BCUT2D eigenvalue weighted by Crippen LogP contribution is -2.05. The number of carbonyl (C=O) groups excluding carboxylic acids is 1. The minimum absolute atomic E-state index is 0.0819.